The van der Waals surface area contributed by atoms with Crippen molar-refractivity contribution in [2.45, 2.75) is 31.9 Å². The summed E-state index contributed by atoms with van der Waals surface area (Å²) < 4.78 is 19.6. The molecule has 24 heavy (non-hydrogen) atoms. The third-order valence-corrected chi connectivity index (χ3v) is 3.89. The number of anilines is 1. The van der Waals surface area contributed by atoms with E-state index in [0.717, 1.165) is 19.3 Å². The summed E-state index contributed by atoms with van der Waals surface area (Å²) in [6.45, 7) is 0.311. The van der Waals surface area contributed by atoms with Crippen molar-refractivity contribution in [3.05, 3.63) is 48.3 Å². The Hall–Kier alpha value is -2.70. The van der Waals surface area contributed by atoms with Crippen LogP contribution in [0.4, 0.5) is 14.9 Å². The molecule has 0 radical (unpaired) electrons. The summed E-state index contributed by atoms with van der Waals surface area (Å²) in [5.41, 5.74) is 1.05. The molecule has 6 nitrogen and oxygen atoms in total. The van der Waals surface area contributed by atoms with Gasteiger partial charge in [-0.15, -0.1) is 0 Å². The summed E-state index contributed by atoms with van der Waals surface area (Å²) >= 11 is 0. The van der Waals surface area contributed by atoms with Gasteiger partial charge < -0.3 is 15.0 Å². The lowest BCUT2D eigenvalue weighted by atomic mass is 9.96. The van der Waals surface area contributed by atoms with E-state index in [9.17, 15) is 9.18 Å². The van der Waals surface area contributed by atoms with Gasteiger partial charge in [-0.2, -0.15) is 0 Å². The Kier molecular flexibility index (Phi) is 4.88. The zero-order valence-corrected chi connectivity index (χ0v) is 13.4. The van der Waals surface area contributed by atoms with Crippen LogP contribution in [-0.4, -0.2) is 34.1 Å². The molecule has 0 unspecified atom stereocenters. The second kappa shape index (κ2) is 7.25. The first kappa shape index (κ1) is 16.2. The summed E-state index contributed by atoms with van der Waals surface area (Å²) in [6.07, 6.45) is 7.89. The van der Waals surface area contributed by atoms with Gasteiger partial charge in [0.15, 0.2) is 11.6 Å². The van der Waals surface area contributed by atoms with Gasteiger partial charge in [0.05, 0.1) is 24.5 Å². The molecule has 126 valence electrons. The lowest BCUT2D eigenvalue weighted by Gasteiger charge is -2.26. The van der Waals surface area contributed by atoms with Gasteiger partial charge in [0.25, 0.3) is 0 Å². The number of hydrogen-bond acceptors (Lipinski definition) is 4. The number of nitrogens with zero attached hydrogens (tertiary/aromatic N) is 3. The number of nitrogens with one attached hydrogen (secondary N) is 1. The molecule has 0 atom stereocenters. The number of halogens is 1. The normalized spacial score (nSPS) is 13.9. The Morgan fingerprint density at radius 3 is 2.88 bits per heavy atom. The van der Waals surface area contributed by atoms with Crippen molar-refractivity contribution in [3.63, 3.8) is 0 Å². The number of aromatic nitrogens is 2. The number of carbonyl (C=O) groups is 1. The largest absolute Gasteiger partial charge is 0.487 e. The van der Waals surface area contributed by atoms with E-state index in [-0.39, 0.29) is 17.9 Å². The molecule has 3 rings (SSSR count). The molecule has 1 fully saturated rings. The van der Waals surface area contributed by atoms with Crippen LogP contribution in [0.15, 0.2) is 36.8 Å². The van der Waals surface area contributed by atoms with Gasteiger partial charge in [-0.25, -0.2) is 9.18 Å². The molecular weight excluding hydrogens is 311 g/mol. The van der Waals surface area contributed by atoms with Crippen molar-refractivity contribution >= 4 is 11.7 Å². The Morgan fingerprint density at radius 1 is 1.42 bits per heavy atom. The van der Waals surface area contributed by atoms with Crippen LogP contribution in [0.5, 0.6) is 5.75 Å². The van der Waals surface area contributed by atoms with Gasteiger partial charge in [0, 0.05) is 31.2 Å². The molecule has 2 amide bonds. The minimum absolute atomic E-state index is 0.109. The molecule has 1 saturated carbocycles. The number of rotatable bonds is 5. The molecule has 0 bridgehead atoms. The molecule has 1 aromatic heterocycles. The fourth-order valence-electron chi connectivity index (χ4n) is 2.29. The highest BCUT2D eigenvalue weighted by atomic mass is 19.1. The van der Waals surface area contributed by atoms with Crippen molar-refractivity contribution in [1.82, 2.24) is 14.9 Å². The number of hydrogen-bond donors (Lipinski definition) is 1. The van der Waals surface area contributed by atoms with Crippen LogP contribution < -0.4 is 10.1 Å². The van der Waals surface area contributed by atoms with Crippen LogP contribution in [0.25, 0.3) is 0 Å². The fourth-order valence-corrected chi connectivity index (χ4v) is 2.29. The predicted molar refractivity (Wildman–Crippen MR) is 87.2 cm³/mol. The predicted octanol–water partition coefficient (Wildman–Crippen LogP) is 3.21. The van der Waals surface area contributed by atoms with Crippen molar-refractivity contribution < 1.29 is 13.9 Å². The number of ether oxygens (including phenoxy) is 1. The van der Waals surface area contributed by atoms with E-state index in [1.807, 2.05) is 0 Å². The maximum atomic E-state index is 14.1. The Balaban J connectivity index is 1.58. The second-order valence-corrected chi connectivity index (χ2v) is 5.80. The van der Waals surface area contributed by atoms with E-state index >= 15 is 0 Å². The highest BCUT2D eigenvalue weighted by molar-refractivity contribution is 5.89. The fraction of sp³-hybridized carbons (Fsp3) is 0.353. The lowest BCUT2D eigenvalue weighted by molar-refractivity contribution is 0.115. The molecule has 0 aliphatic heterocycles. The molecule has 7 heteroatoms. The summed E-state index contributed by atoms with van der Waals surface area (Å²) in [5.74, 6) is -0.248. The van der Waals surface area contributed by atoms with E-state index in [2.05, 4.69) is 15.3 Å². The van der Waals surface area contributed by atoms with E-state index in [1.54, 1.807) is 37.8 Å². The Labute approximate surface area is 139 Å². The maximum absolute atomic E-state index is 14.1. The summed E-state index contributed by atoms with van der Waals surface area (Å²) in [4.78, 5) is 21.7. The molecule has 2 aromatic rings. The minimum Gasteiger partial charge on any atom is -0.487 e. The van der Waals surface area contributed by atoms with Crippen molar-refractivity contribution in [3.8, 4) is 5.75 Å². The van der Waals surface area contributed by atoms with Crippen molar-refractivity contribution in [1.29, 1.82) is 0 Å². The monoisotopic (exact) mass is 330 g/mol. The number of benzene rings is 1. The van der Waals surface area contributed by atoms with Crippen LogP contribution in [0.3, 0.4) is 0 Å². The smallest absolute Gasteiger partial charge is 0.321 e. The van der Waals surface area contributed by atoms with Gasteiger partial charge in [0.2, 0.25) is 0 Å². The summed E-state index contributed by atoms with van der Waals surface area (Å²) in [6, 6.07) is 4.09. The summed E-state index contributed by atoms with van der Waals surface area (Å²) in [7, 11) is 1.63. The molecule has 1 aliphatic carbocycles. The van der Waals surface area contributed by atoms with E-state index < -0.39 is 5.82 Å². The van der Waals surface area contributed by atoms with Crippen LogP contribution in [0.2, 0.25) is 0 Å². The van der Waals surface area contributed by atoms with Gasteiger partial charge in [-0.1, -0.05) is 0 Å². The molecule has 1 aromatic carbocycles. The highest BCUT2D eigenvalue weighted by Gasteiger charge is 2.20. The van der Waals surface area contributed by atoms with Gasteiger partial charge >= 0.3 is 6.03 Å². The standard InChI is InChI=1S/C17H19FN4O2/c1-22(11-13-10-19-7-8-20-13)17(23)21-12-5-6-16(15(18)9-12)24-14-3-2-4-14/h5-10,14H,2-4,11H2,1H3,(H,21,23). The first-order chi connectivity index (χ1) is 11.6. The van der Waals surface area contributed by atoms with Crippen molar-refractivity contribution in [2.75, 3.05) is 12.4 Å². The minimum atomic E-state index is -0.476. The lowest BCUT2D eigenvalue weighted by Crippen LogP contribution is -2.31. The molecule has 1 N–H and O–H groups in total. The zero-order valence-electron chi connectivity index (χ0n) is 13.4. The van der Waals surface area contributed by atoms with Gasteiger partial charge in [-0.05, 0) is 31.4 Å². The number of amides is 2. The van der Waals surface area contributed by atoms with Crippen LogP contribution in [0, 0.1) is 5.82 Å². The third-order valence-electron chi connectivity index (χ3n) is 3.89. The van der Waals surface area contributed by atoms with Crippen LogP contribution in [-0.2, 0) is 6.54 Å². The van der Waals surface area contributed by atoms with E-state index in [0.29, 0.717) is 17.9 Å². The molecule has 1 aliphatic rings. The average molecular weight is 330 g/mol. The second-order valence-electron chi connectivity index (χ2n) is 5.80. The highest BCUT2D eigenvalue weighted by Crippen LogP contribution is 2.28. The number of carbonyl (C=O) groups excluding carboxylic acids is 1. The van der Waals surface area contributed by atoms with Gasteiger partial charge in [0.1, 0.15) is 0 Å². The van der Waals surface area contributed by atoms with Crippen molar-refractivity contribution in [2.24, 2.45) is 0 Å². The topological polar surface area (TPSA) is 67.4 Å². The maximum Gasteiger partial charge on any atom is 0.321 e. The number of urea groups is 1. The molecular formula is C17H19FN4O2. The Bertz CT molecular complexity index is 707. The molecule has 0 spiro atoms. The first-order valence-electron chi connectivity index (χ1n) is 7.85. The van der Waals surface area contributed by atoms with E-state index in [4.69, 9.17) is 4.74 Å². The van der Waals surface area contributed by atoms with Crippen LogP contribution in [0.1, 0.15) is 25.0 Å². The SMILES string of the molecule is CN(Cc1cnccn1)C(=O)Nc1ccc(OC2CCC2)c(F)c1. The third kappa shape index (κ3) is 3.98. The average Bonchev–Trinajstić information content (AvgIpc) is 2.53. The summed E-state index contributed by atoms with van der Waals surface area (Å²) in [5, 5.41) is 2.65. The first-order valence-corrected chi connectivity index (χ1v) is 7.85. The molecule has 1 heterocycles. The quantitative estimate of drug-likeness (QED) is 0.914. The van der Waals surface area contributed by atoms with Crippen LogP contribution >= 0.6 is 0 Å². The molecule has 0 saturated heterocycles. The Morgan fingerprint density at radius 2 is 2.25 bits per heavy atom. The van der Waals surface area contributed by atoms with Gasteiger partial charge in [-0.3, -0.25) is 9.97 Å². The zero-order chi connectivity index (χ0) is 16.9. The van der Waals surface area contributed by atoms with E-state index in [1.165, 1.54) is 11.0 Å².